The number of hydrogen-bond donors (Lipinski definition) is 0. The van der Waals surface area contributed by atoms with Crippen molar-refractivity contribution < 1.29 is 23.7 Å². The fourth-order valence-electron chi connectivity index (χ4n) is 6.02. The van der Waals surface area contributed by atoms with Crippen LogP contribution in [0.25, 0.3) is 0 Å². The van der Waals surface area contributed by atoms with E-state index >= 15 is 0 Å². The Hall–Kier alpha value is -5.81. The maximum absolute atomic E-state index is 13.3. The van der Waals surface area contributed by atoms with E-state index in [-0.39, 0.29) is 16.6 Å². The number of ether oxygens (including phenoxy) is 4. The second kappa shape index (κ2) is 14.4. The standard InChI is InChI=1S/C45H42O5/c1-44(2,33-11-23-37(47-5)24-12-33)35-15-27-41(28-16-35)49-39-19-7-31(8-20-39)43(46)32-9-21-40(22-10-32)50-42-29-17-36(18-30-42)45(3,4)34-13-25-38(48-6)26-14-34/h7-30H,1-6H3. The predicted octanol–water partition coefficient (Wildman–Crippen LogP) is 11.2. The highest BCUT2D eigenvalue weighted by Gasteiger charge is 2.24. The lowest BCUT2D eigenvalue weighted by Gasteiger charge is -2.26. The van der Waals surface area contributed by atoms with Crippen molar-refractivity contribution in [2.75, 3.05) is 14.2 Å². The van der Waals surface area contributed by atoms with Gasteiger partial charge >= 0.3 is 0 Å². The molecule has 0 N–H and O–H groups in total. The summed E-state index contributed by atoms with van der Waals surface area (Å²) in [6.07, 6.45) is 0. The van der Waals surface area contributed by atoms with Gasteiger partial charge in [-0.2, -0.15) is 0 Å². The Morgan fingerprint density at radius 1 is 0.360 bits per heavy atom. The first-order valence-corrected chi connectivity index (χ1v) is 16.7. The van der Waals surface area contributed by atoms with Gasteiger partial charge < -0.3 is 18.9 Å². The molecule has 0 amide bonds. The van der Waals surface area contributed by atoms with E-state index in [1.165, 1.54) is 22.3 Å². The van der Waals surface area contributed by atoms with Crippen LogP contribution in [-0.4, -0.2) is 20.0 Å². The third-order valence-corrected chi connectivity index (χ3v) is 9.48. The molecule has 6 aromatic rings. The highest BCUT2D eigenvalue weighted by atomic mass is 16.5. The highest BCUT2D eigenvalue weighted by molar-refractivity contribution is 6.09. The second-order valence-corrected chi connectivity index (χ2v) is 13.3. The summed E-state index contributed by atoms with van der Waals surface area (Å²) in [5.74, 6) is 4.38. The molecule has 0 saturated carbocycles. The summed E-state index contributed by atoms with van der Waals surface area (Å²) in [5, 5.41) is 0. The number of rotatable bonds is 12. The molecule has 5 heteroatoms. The average Bonchev–Trinajstić information content (AvgIpc) is 3.15. The Kier molecular flexibility index (Phi) is 9.78. The molecular formula is C45H42O5. The van der Waals surface area contributed by atoms with Gasteiger partial charge in [0.1, 0.15) is 34.5 Å². The molecule has 252 valence electrons. The van der Waals surface area contributed by atoms with Crippen molar-refractivity contribution in [3.63, 3.8) is 0 Å². The number of hydrogen-bond acceptors (Lipinski definition) is 5. The van der Waals surface area contributed by atoms with Gasteiger partial charge in [0.25, 0.3) is 0 Å². The predicted molar refractivity (Wildman–Crippen MR) is 200 cm³/mol. The van der Waals surface area contributed by atoms with Gasteiger partial charge in [-0.25, -0.2) is 0 Å². The van der Waals surface area contributed by atoms with E-state index in [2.05, 4.69) is 76.2 Å². The average molecular weight is 663 g/mol. The topological polar surface area (TPSA) is 54.0 Å². The quantitative estimate of drug-likeness (QED) is 0.122. The minimum absolute atomic E-state index is 0.0710. The van der Waals surface area contributed by atoms with Crippen molar-refractivity contribution in [2.45, 2.75) is 38.5 Å². The van der Waals surface area contributed by atoms with Gasteiger partial charge in [0.2, 0.25) is 0 Å². The van der Waals surface area contributed by atoms with Gasteiger partial charge in [0, 0.05) is 22.0 Å². The first-order chi connectivity index (χ1) is 24.1. The molecule has 0 aliphatic rings. The molecule has 0 aromatic heterocycles. The molecule has 6 rings (SSSR count). The van der Waals surface area contributed by atoms with Crippen molar-refractivity contribution in [3.05, 3.63) is 179 Å². The second-order valence-electron chi connectivity index (χ2n) is 13.3. The van der Waals surface area contributed by atoms with E-state index in [4.69, 9.17) is 18.9 Å². The molecule has 0 bridgehead atoms. The van der Waals surface area contributed by atoms with Crippen molar-refractivity contribution >= 4 is 5.78 Å². The van der Waals surface area contributed by atoms with Crippen LogP contribution >= 0.6 is 0 Å². The first kappa shape index (κ1) is 34.1. The lowest BCUT2D eigenvalue weighted by Crippen LogP contribution is -2.18. The summed E-state index contributed by atoms with van der Waals surface area (Å²) in [4.78, 5) is 13.3. The molecule has 0 aliphatic carbocycles. The van der Waals surface area contributed by atoms with E-state index in [1.54, 1.807) is 38.5 Å². The fourth-order valence-corrected chi connectivity index (χ4v) is 6.02. The van der Waals surface area contributed by atoms with E-state index in [1.807, 2.05) is 72.8 Å². The van der Waals surface area contributed by atoms with Gasteiger partial charge in [-0.15, -0.1) is 0 Å². The fraction of sp³-hybridized carbons (Fsp3) is 0.178. The number of ketones is 1. The Labute approximate surface area is 295 Å². The Bertz CT molecular complexity index is 1870. The van der Waals surface area contributed by atoms with Crippen LogP contribution in [0, 0.1) is 0 Å². The maximum atomic E-state index is 13.3. The Balaban J connectivity index is 1.05. The van der Waals surface area contributed by atoms with Gasteiger partial charge in [-0.3, -0.25) is 4.79 Å². The van der Waals surface area contributed by atoms with Crippen LogP contribution in [-0.2, 0) is 10.8 Å². The van der Waals surface area contributed by atoms with Crippen LogP contribution < -0.4 is 18.9 Å². The van der Waals surface area contributed by atoms with E-state index in [0.717, 1.165) is 23.0 Å². The lowest BCUT2D eigenvalue weighted by atomic mass is 9.78. The van der Waals surface area contributed by atoms with Crippen LogP contribution in [0.3, 0.4) is 0 Å². The van der Waals surface area contributed by atoms with Gasteiger partial charge in [0.15, 0.2) is 5.78 Å². The molecule has 0 fully saturated rings. The third kappa shape index (κ3) is 7.42. The molecule has 0 radical (unpaired) electrons. The third-order valence-electron chi connectivity index (χ3n) is 9.48. The van der Waals surface area contributed by atoms with E-state index in [9.17, 15) is 4.79 Å². The number of benzene rings is 6. The number of methoxy groups -OCH3 is 2. The number of carbonyl (C=O) groups is 1. The van der Waals surface area contributed by atoms with Gasteiger partial charge in [-0.05, 0) is 119 Å². The molecule has 5 nitrogen and oxygen atoms in total. The van der Waals surface area contributed by atoms with Crippen molar-refractivity contribution in [1.29, 1.82) is 0 Å². The molecule has 50 heavy (non-hydrogen) atoms. The maximum Gasteiger partial charge on any atom is 0.193 e. The summed E-state index contributed by atoms with van der Waals surface area (Å²) in [5.41, 5.74) is 5.55. The molecule has 0 heterocycles. The van der Waals surface area contributed by atoms with Gasteiger partial charge in [-0.1, -0.05) is 76.2 Å². The molecule has 0 atom stereocenters. The zero-order chi connectivity index (χ0) is 35.3. The zero-order valence-corrected chi connectivity index (χ0v) is 29.4. The summed E-state index contributed by atoms with van der Waals surface area (Å²) in [6.45, 7) is 8.80. The first-order valence-electron chi connectivity index (χ1n) is 16.7. The van der Waals surface area contributed by atoms with Crippen LogP contribution in [0.4, 0.5) is 0 Å². The van der Waals surface area contributed by atoms with Crippen molar-refractivity contribution in [3.8, 4) is 34.5 Å². The van der Waals surface area contributed by atoms with Gasteiger partial charge in [0.05, 0.1) is 14.2 Å². The molecule has 0 unspecified atom stereocenters. The lowest BCUT2D eigenvalue weighted by molar-refractivity contribution is 0.103. The molecule has 6 aromatic carbocycles. The Morgan fingerprint density at radius 3 is 0.820 bits per heavy atom. The molecule has 0 saturated heterocycles. The van der Waals surface area contributed by atoms with Crippen LogP contribution in [0.15, 0.2) is 146 Å². The monoisotopic (exact) mass is 662 g/mol. The van der Waals surface area contributed by atoms with E-state index < -0.39 is 0 Å². The summed E-state index contributed by atoms with van der Waals surface area (Å²) >= 11 is 0. The SMILES string of the molecule is COc1ccc(C(C)(C)c2ccc(Oc3ccc(C(=O)c4ccc(Oc5ccc(C(C)(C)c6ccc(OC)cc6)cc5)cc4)cc3)cc2)cc1. The number of carbonyl (C=O) groups excluding carboxylic acids is 1. The molecular weight excluding hydrogens is 620 g/mol. The molecule has 0 spiro atoms. The normalized spacial score (nSPS) is 11.5. The summed E-state index contributed by atoms with van der Waals surface area (Å²) in [6, 6.07) is 47.0. The van der Waals surface area contributed by atoms with Crippen LogP contribution in [0.2, 0.25) is 0 Å². The minimum atomic E-state index is -0.182. The summed E-state index contributed by atoms with van der Waals surface area (Å²) < 4.78 is 22.8. The van der Waals surface area contributed by atoms with E-state index in [0.29, 0.717) is 22.6 Å². The highest BCUT2D eigenvalue weighted by Crippen LogP contribution is 2.36. The van der Waals surface area contributed by atoms with Crippen molar-refractivity contribution in [2.24, 2.45) is 0 Å². The Morgan fingerprint density at radius 2 is 0.580 bits per heavy atom. The van der Waals surface area contributed by atoms with Crippen molar-refractivity contribution in [1.82, 2.24) is 0 Å². The van der Waals surface area contributed by atoms with Crippen LogP contribution in [0.5, 0.6) is 34.5 Å². The van der Waals surface area contributed by atoms with Crippen LogP contribution in [0.1, 0.15) is 65.9 Å². The zero-order valence-electron chi connectivity index (χ0n) is 29.4. The largest absolute Gasteiger partial charge is 0.497 e. The smallest absolute Gasteiger partial charge is 0.193 e. The summed E-state index contributed by atoms with van der Waals surface area (Å²) in [7, 11) is 3.35. The molecule has 0 aliphatic heterocycles. The minimum Gasteiger partial charge on any atom is -0.497 e.